The maximum Gasteiger partial charge on any atom is 0.252 e. The number of nitrogens with zero attached hydrogens (tertiary/aromatic N) is 7. The number of aromatic nitrogens is 5. The van der Waals surface area contributed by atoms with E-state index in [4.69, 9.17) is 22.3 Å². The molecule has 10 heteroatoms. The zero-order valence-electron chi connectivity index (χ0n) is 17.4. The van der Waals surface area contributed by atoms with Crippen LogP contribution in [0, 0.1) is 6.92 Å². The highest BCUT2D eigenvalue weighted by Gasteiger charge is 2.25. The molecule has 1 aromatic carbocycles. The van der Waals surface area contributed by atoms with E-state index in [9.17, 15) is 4.79 Å². The number of hydrogen-bond acceptors (Lipinski definition) is 7. The third kappa shape index (κ3) is 3.60. The van der Waals surface area contributed by atoms with Crippen LogP contribution in [-0.2, 0) is 0 Å². The molecular weight excluding hydrogens is 428 g/mol. The van der Waals surface area contributed by atoms with Crippen molar-refractivity contribution in [3.8, 4) is 5.69 Å². The van der Waals surface area contributed by atoms with Crippen LogP contribution in [0.25, 0.3) is 16.7 Å². The fourth-order valence-electron chi connectivity index (χ4n) is 4.01. The Bertz CT molecular complexity index is 1310. The lowest BCUT2D eigenvalue weighted by molar-refractivity contribution is 0.100. The van der Waals surface area contributed by atoms with Gasteiger partial charge in [-0.3, -0.25) is 4.79 Å². The molecule has 0 aliphatic carbocycles. The molecule has 2 N–H and O–H groups in total. The lowest BCUT2D eigenvalue weighted by Gasteiger charge is -2.36. The second-order valence-electron chi connectivity index (χ2n) is 7.58. The fraction of sp³-hybridized carbons (Fsp3) is 0.227. The van der Waals surface area contributed by atoms with Gasteiger partial charge in [-0.1, -0.05) is 17.7 Å². The number of carbonyl (C=O) groups is 1. The van der Waals surface area contributed by atoms with Crippen molar-refractivity contribution < 1.29 is 4.79 Å². The van der Waals surface area contributed by atoms with E-state index in [1.54, 1.807) is 29.2 Å². The Balaban J connectivity index is 1.45. The Morgan fingerprint density at radius 1 is 1.03 bits per heavy atom. The van der Waals surface area contributed by atoms with Gasteiger partial charge in [0.1, 0.15) is 17.5 Å². The van der Waals surface area contributed by atoms with E-state index < -0.39 is 5.91 Å². The molecule has 0 spiro atoms. The molecule has 1 aliphatic heterocycles. The van der Waals surface area contributed by atoms with Crippen LogP contribution in [0.3, 0.4) is 0 Å². The van der Waals surface area contributed by atoms with E-state index in [1.807, 2.05) is 31.2 Å². The molecule has 0 saturated carbocycles. The lowest BCUT2D eigenvalue weighted by atomic mass is 10.2. The number of nitrogens with two attached hydrogens (primary N) is 1. The van der Waals surface area contributed by atoms with Gasteiger partial charge in [-0.05, 0) is 37.3 Å². The normalized spacial score (nSPS) is 14.2. The molecular formula is C22H21ClN8O. The third-order valence-electron chi connectivity index (χ3n) is 5.50. The van der Waals surface area contributed by atoms with Crippen LogP contribution in [0.5, 0.6) is 0 Å². The predicted octanol–water partition coefficient (Wildman–Crippen LogP) is 2.60. The summed E-state index contributed by atoms with van der Waals surface area (Å²) in [7, 11) is 0. The molecule has 1 fully saturated rings. The zero-order valence-corrected chi connectivity index (χ0v) is 18.2. The number of rotatable bonds is 4. The Labute approximate surface area is 189 Å². The standard InChI is InChI=1S/C22H21ClN8O/c1-14-27-21(18-13-26-31(22(18)28-14)16-5-2-4-15(23)12-16)30-10-8-29(9-11-30)20-17(19(24)32)6-3-7-25-20/h2-7,12-13H,8-11H2,1H3,(H2,24,32). The maximum atomic E-state index is 11.8. The minimum atomic E-state index is -0.475. The van der Waals surface area contributed by atoms with Crippen molar-refractivity contribution in [2.75, 3.05) is 36.0 Å². The number of amides is 1. The number of anilines is 2. The van der Waals surface area contributed by atoms with Crippen molar-refractivity contribution >= 4 is 40.2 Å². The Kier molecular flexibility index (Phi) is 5.10. The van der Waals surface area contributed by atoms with Crippen molar-refractivity contribution in [3.63, 3.8) is 0 Å². The van der Waals surface area contributed by atoms with Gasteiger partial charge in [0.25, 0.3) is 5.91 Å². The van der Waals surface area contributed by atoms with Crippen molar-refractivity contribution in [2.24, 2.45) is 5.73 Å². The minimum Gasteiger partial charge on any atom is -0.365 e. The molecule has 162 valence electrons. The number of fused-ring (bicyclic) bond motifs is 1. The van der Waals surface area contributed by atoms with Gasteiger partial charge in [0, 0.05) is 37.4 Å². The molecule has 0 atom stereocenters. The van der Waals surface area contributed by atoms with Crippen LogP contribution in [0.2, 0.25) is 5.02 Å². The summed E-state index contributed by atoms with van der Waals surface area (Å²) in [4.78, 5) is 29.8. The molecule has 1 amide bonds. The molecule has 0 unspecified atom stereocenters. The van der Waals surface area contributed by atoms with E-state index >= 15 is 0 Å². The van der Waals surface area contributed by atoms with Gasteiger partial charge in [-0.25, -0.2) is 19.6 Å². The van der Waals surface area contributed by atoms with Gasteiger partial charge in [0.15, 0.2) is 5.65 Å². The number of piperazine rings is 1. The SMILES string of the molecule is Cc1nc(N2CCN(c3ncccc3C(N)=O)CC2)c2cnn(-c3cccc(Cl)c3)c2n1. The Hall–Kier alpha value is -3.72. The van der Waals surface area contributed by atoms with Crippen LogP contribution >= 0.6 is 11.6 Å². The van der Waals surface area contributed by atoms with Gasteiger partial charge < -0.3 is 15.5 Å². The number of benzene rings is 1. The number of carbonyl (C=O) groups excluding carboxylic acids is 1. The van der Waals surface area contributed by atoms with Gasteiger partial charge in [0.05, 0.1) is 22.8 Å². The van der Waals surface area contributed by atoms with Crippen LogP contribution in [0.15, 0.2) is 48.8 Å². The predicted molar refractivity (Wildman–Crippen MR) is 124 cm³/mol. The molecule has 1 aliphatic rings. The third-order valence-corrected chi connectivity index (χ3v) is 5.74. The number of primary amides is 1. The highest BCUT2D eigenvalue weighted by molar-refractivity contribution is 6.30. The summed E-state index contributed by atoms with van der Waals surface area (Å²) < 4.78 is 1.78. The molecule has 4 heterocycles. The zero-order chi connectivity index (χ0) is 22.2. The fourth-order valence-corrected chi connectivity index (χ4v) is 4.19. The molecule has 5 rings (SSSR count). The second kappa shape index (κ2) is 8.08. The summed E-state index contributed by atoms with van der Waals surface area (Å²) in [6, 6.07) is 10.9. The Morgan fingerprint density at radius 2 is 1.78 bits per heavy atom. The highest BCUT2D eigenvalue weighted by Crippen LogP contribution is 2.28. The molecule has 3 aromatic heterocycles. The summed E-state index contributed by atoms with van der Waals surface area (Å²) in [5, 5.41) is 6.07. The van der Waals surface area contributed by atoms with Gasteiger partial charge in [-0.15, -0.1) is 0 Å². The quantitative estimate of drug-likeness (QED) is 0.511. The van der Waals surface area contributed by atoms with E-state index in [1.165, 1.54) is 0 Å². The Morgan fingerprint density at radius 3 is 2.50 bits per heavy atom. The number of halogens is 1. The van der Waals surface area contributed by atoms with Gasteiger partial charge in [-0.2, -0.15) is 5.10 Å². The van der Waals surface area contributed by atoms with Crippen LogP contribution in [0.4, 0.5) is 11.6 Å². The average molecular weight is 449 g/mol. The lowest BCUT2D eigenvalue weighted by Crippen LogP contribution is -2.47. The smallest absolute Gasteiger partial charge is 0.252 e. The summed E-state index contributed by atoms with van der Waals surface area (Å²) in [6.45, 7) is 4.67. The van der Waals surface area contributed by atoms with E-state index in [0.29, 0.717) is 48.4 Å². The van der Waals surface area contributed by atoms with Crippen LogP contribution < -0.4 is 15.5 Å². The van der Waals surface area contributed by atoms with Crippen molar-refractivity contribution in [1.29, 1.82) is 0 Å². The number of pyridine rings is 1. The minimum absolute atomic E-state index is 0.434. The molecule has 4 aromatic rings. The first-order chi connectivity index (χ1) is 15.5. The monoisotopic (exact) mass is 448 g/mol. The van der Waals surface area contributed by atoms with Gasteiger partial charge >= 0.3 is 0 Å². The largest absolute Gasteiger partial charge is 0.365 e. The molecule has 0 bridgehead atoms. The molecule has 1 saturated heterocycles. The average Bonchev–Trinajstić information content (AvgIpc) is 3.22. The first-order valence-corrected chi connectivity index (χ1v) is 10.6. The van der Waals surface area contributed by atoms with E-state index in [0.717, 1.165) is 22.5 Å². The molecule has 9 nitrogen and oxygen atoms in total. The number of hydrogen-bond donors (Lipinski definition) is 1. The van der Waals surface area contributed by atoms with Crippen molar-refractivity contribution in [1.82, 2.24) is 24.7 Å². The molecule has 0 radical (unpaired) electrons. The molecule has 32 heavy (non-hydrogen) atoms. The van der Waals surface area contributed by atoms with E-state index in [-0.39, 0.29) is 0 Å². The first-order valence-electron chi connectivity index (χ1n) is 10.2. The van der Waals surface area contributed by atoms with Gasteiger partial charge in [0.2, 0.25) is 0 Å². The summed E-state index contributed by atoms with van der Waals surface area (Å²) >= 11 is 6.17. The summed E-state index contributed by atoms with van der Waals surface area (Å²) in [5.74, 6) is 1.66. The summed E-state index contributed by atoms with van der Waals surface area (Å²) in [5.41, 5.74) is 7.54. The van der Waals surface area contributed by atoms with Crippen molar-refractivity contribution in [2.45, 2.75) is 6.92 Å². The summed E-state index contributed by atoms with van der Waals surface area (Å²) in [6.07, 6.45) is 3.47. The number of aryl methyl sites for hydroxylation is 1. The van der Waals surface area contributed by atoms with Crippen molar-refractivity contribution in [3.05, 3.63) is 65.2 Å². The van der Waals surface area contributed by atoms with Crippen LogP contribution in [0.1, 0.15) is 16.2 Å². The highest BCUT2D eigenvalue weighted by atomic mass is 35.5. The van der Waals surface area contributed by atoms with E-state index in [2.05, 4.69) is 24.9 Å². The second-order valence-corrected chi connectivity index (χ2v) is 8.02. The first kappa shape index (κ1) is 20.2. The topological polar surface area (TPSA) is 106 Å². The maximum absolute atomic E-state index is 11.8. The van der Waals surface area contributed by atoms with Crippen LogP contribution in [-0.4, -0.2) is 56.8 Å².